The number of methoxy groups -OCH3 is 1. The van der Waals surface area contributed by atoms with Gasteiger partial charge in [0.15, 0.2) is 5.54 Å². The molecule has 3 aromatic rings. The maximum absolute atomic E-state index is 13.7. The van der Waals surface area contributed by atoms with Gasteiger partial charge in [0.25, 0.3) is 0 Å². The normalized spacial score (nSPS) is 20.3. The van der Waals surface area contributed by atoms with E-state index in [9.17, 15) is 9.18 Å². The fourth-order valence-corrected chi connectivity index (χ4v) is 5.00. The van der Waals surface area contributed by atoms with Crippen LogP contribution in [0.3, 0.4) is 0 Å². The Balaban J connectivity index is 1.86. The average Bonchev–Trinajstić information content (AvgIpc) is 3.41. The maximum atomic E-state index is 13.7. The van der Waals surface area contributed by atoms with Gasteiger partial charge in [-0.05, 0) is 55.1 Å². The zero-order valence-electron chi connectivity index (χ0n) is 18.3. The first-order valence-corrected chi connectivity index (χ1v) is 11.3. The Labute approximate surface area is 191 Å². The van der Waals surface area contributed by atoms with Crippen LogP contribution >= 0.6 is 11.3 Å². The predicted octanol–water partition coefficient (Wildman–Crippen LogP) is 4.73. The molecule has 1 aromatic heterocycles. The van der Waals surface area contributed by atoms with Gasteiger partial charge in [0.1, 0.15) is 5.82 Å². The number of benzene rings is 2. The smallest absolute Gasteiger partial charge is 0.248 e. The maximum Gasteiger partial charge on any atom is 0.248 e. The molecule has 7 heteroatoms. The van der Waals surface area contributed by atoms with Crippen LogP contribution in [-0.2, 0) is 9.53 Å². The molecule has 1 aliphatic heterocycles. The molecule has 0 saturated heterocycles. The van der Waals surface area contributed by atoms with Crippen LogP contribution in [0.2, 0.25) is 0 Å². The first kappa shape index (κ1) is 22.2. The van der Waals surface area contributed by atoms with Gasteiger partial charge in [0.05, 0.1) is 23.9 Å². The molecule has 2 aromatic carbocycles. The molecular weight excluding hydrogens is 425 g/mol. The van der Waals surface area contributed by atoms with Crippen molar-refractivity contribution in [2.24, 2.45) is 5.10 Å². The summed E-state index contributed by atoms with van der Waals surface area (Å²) in [6.45, 7) is 4.75. The highest BCUT2D eigenvalue weighted by molar-refractivity contribution is 7.10. The van der Waals surface area contributed by atoms with Crippen molar-refractivity contribution >= 4 is 28.6 Å². The third-order valence-electron chi connectivity index (χ3n) is 5.78. The van der Waals surface area contributed by atoms with Gasteiger partial charge in [-0.3, -0.25) is 4.79 Å². The van der Waals surface area contributed by atoms with Crippen LogP contribution in [0.1, 0.15) is 28.8 Å². The number of hydrogen-bond acceptors (Lipinski definition) is 5. The molecule has 166 valence electrons. The summed E-state index contributed by atoms with van der Waals surface area (Å²) in [6.07, 6.45) is 0. The standard InChI is InChI=1S/C25H26FN3O2S/c1-17-6-12-20(13-7-17)29-25(2,24(30)27-14-15-31-3)22(21-5-4-16-32-21)23(28-29)18-8-10-19(26)11-9-18/h4-13,16,22H,14-15H2,1-3H3,(H,27,30). The molecule has 1 N–H and O–H groups in total. The van der Waals surface area contributed by atoms with Gasteiger partial charge < -0.3 is 10.1 Å². The van der Waals surface area contributed by atoms with Crippen LogP contribution in [-0.4, -0.2) is 37.4 Å². The van der Waals surface area contributed by atoms with Gasteiger partial charge in [-0.15, -0.1) is 11.3 Å². The van der Waals surface area contributed by atoms with E-state index < -0.39 is 5.54 Å². The first-order chi connectivity index (χ1) is 15.4. The van der Waals surface area contributed by atoms with E-state index in [2.05, 4.69) is 5.32 Å². The van der Waals surface area contributed by atoms with Crippen molar-refractivity contribution in [1.82, 2.24) is 5.32 Å². The number of hydrogen-bond donors (Lipinski definition) is 1. The molecule has 2 atom stereocenters. The highest BCUT2D eigenvalue weighted by Crippen LogP contribution is 2.46. The Hall–Kier alpha value is -3.03. The van der Waals surface area contributed by atoms with Crippen molar-refractivity contribution in [3.8, 4) is 0 Å². The van der Waals surface area contributed by atoms with Crippen LogP contribution in [0.5, 0.6) is 0 Å². The topological polar surface area (TPSA) is 53.9 Å². The number of amides is 1. The Morgan fingerprint density at radius 3 is 2.53 bits per heavy atom. The Kier molecular flexibility index (Phi) is 6.39. The molecule has 2 heterocycles. The number of thiophene rings is 1. The largest absolute Gasteiger partial charge is 0.383 e. The minimum absolute atomic E-state index is 0.144. The molecule has 0 saturated carbocycles. The second kappa shape index (κ2) is 9.22. The lowest BCUT2D eigenvalue weighted by molar-refractivity contribution is -0.126. The quantitative estimate of drug-likeness (QED) is 0.529. The van der Waals surface area contributed by atoms with Crippen molar-refractivity contribution in [3.63, 3.8) is 0 Å². The molecule has 0 spiro atoms. The van der Waals surface area contributed by atoms with Crippen molar-refractivity contribution in [2.45, 2.75) is 25.3 Å². The summed E-state index contributed by atoms with van der Waals surface area (Å²) in [5.41, 5.74) is 2.43. The van der Waals surface area contributed by atoms with E-state index in [1.807, 2.05) is 55.6 Å². The van der Waals surface area contributed by atoms with Crippen molar-refractivity contribution in [1.29, 1.82) is 0 Å². The predicted molar refractivity (Wildman–Crippen MR) is 127 cm³/mol. The number of ether oxygens (including phenoxy) is 1. The number of carbonyl (C=O) groups is 1. The van der Waals surface area contributed by atoms with E-state index in [0.29, 0.717) is 13.2 Å². The summed E-state index contributed by atoms with van der Waals surface area (Å²) in [6, 6.07) is 18.2. The zero-order valence-corrected chi connectivity index (χ0v) is 19.2. The molecule has 0 fully saturated rings. The minimum atomic E-state index is -1.03. The summed E-state index contributed by atoms with van der Waals surface area (Å²) in [4.78, 5) is 14.7. The second-order valence-electron chi connectivity index (χ2n) is 7.98. The van der Waals surface area contributed by atoms with E-state index in [1.165, 1.54) is 12.1 Å². The third-order valence-corrected chi connectivity index (χ3v) is 6.72. The average molecular weight is 452 g/mol. The van der Waals surface area contributed by atoms with Crippen molar-refractivity contribution in [3.05, 3.63) is 87.9 Å². The summed E-state index contributed by atoms with van der Waals surface area (Å²) < 4.78 is 18.8. The molecule has 2 unspecified atom stereocenters. The summed E-state index contributed by atoms with van der Waals surface area (Å²) >= 11 is 1.58. The molecule has 32 heavy (non-hydrogen) atoms. The summed E-state index contributed by atoms with van der Waals surface area (Å²) in [5.74, 6) is -0.790. The highest BCUT2D eigenvalue weighted by atomic mass is 32.1. The Morgan fingerprint density at radius 1 is 1.19 bits per heavy atom. The van der Waals surface area contributed by atoms with Crippen molar-refractivity contribution in [2.75, 3.05) is 25.3 Å². The van der Waals surface area contributed by atoms with Gasteiger partial charge in [-0.1, -0.05) is 35.9 Å². The van der Waals surface area contributed by atoms with Crippen LogP contribution in [0.4, 0.5) is 10.1 Å². The lowest BCUT2D eigenvalue weighted by Gasteiger charge is -2.37. The number of hydrazone groups is 1. The molecule has 0 bridgehead atoms. The third kappa shape index (κ3) is 4.06. The molecule has 1 amide bonds. The van der Waals surface area contributed by atoms with E-state index in [1.54, 1.807) is 35.6 Å². The zero-order chi connectivity index (χ0) is 22.7. The van der Waals surface area contributed by atoms with Crippen LogP contribution in [0.15, 0.2) is 71.1 Å². The fraction of sp³-hybridized carbons (Fsp3) is 0.280. The number of rotatable bonds is 7. The monoisotopic (exact) mass is 451 g/mol. The number of nitrogens with one attached hydrogen (secondary N) is 1. The number of aryl methyl sites for hydroxylation is 1. The Morgan fingerprint density at radius 2 is 1.91 bits per heavy atom. The van der Waals surface area contributed by atoms with Gasteiger partial charge in [-0.2, -0.15) is 5.10 Å². The highest BCUT2D eigenvalue weighted by Gasteiger charge is 2.55. The molecule has 0 aliphatic carbocycles. The number of halogens is 1. The molecule has 0 radical (unpaired) electrons. The molecule has 4 rings (SSSR count). The molecular formula is C25H26FN3O2S. The Bertz CT molecular complexity index is 1100. The van der Waals surface area contributed by atoms with E-state index in [-0.39, 0.29) is 17.6 Å². The SMILES string of the molecule is COCCNC(=O)C1(C)C(c2cccs2)C(c2ccc(F)cc2)=NN1c1ccc(C)cc1. The first-order valence-electron chi connectivity index (χ1n) is 10.5. The second-order valence-corrected chi connectivity index (χ2v) is 8.96. The number of nitrogens with zero attached hydrogens (tertiary/aromatic N) is 2. The van der Waals surface area contributed by atoms with Gasteiger partial charge in [0.2, 0.25) is 5.91 Å². The molecule has 5 nitrogen and oxygen atoms in total. The lowest BCUT2D eigenvalue weighted by atomic mass is 9.78. The van der Waals surface area contributed by atoms with E-state index in [4.69, 9.17) is 9.84 Å². The fourth-order valence-electron chi connectivity index (χ4n) is 4.05. The van der Waals surface area contributed by atoms with Gasteiger partial charge in [-0.25, -0.2) is 9.40 Å². The van der Waals surface area contributed by atoms with Crippen LogP contribution in [0, 0.1) is 12.7 Å². The van der Waals surface area contributed by atoms with Gasteiger partial charge in [0, 0.05) is 18.5 Å². The van der Waals surface area contributed by atoms with Crippen molar-refractivity contribution < 1.29 is 13.9 Å². The lowest BCUT2D eigenvalue weighted by Crippen LogP contribution is -2.57. The van der Waals surface area contributed by atoms with Crippen LogP contribution in [0.25, 0.3) is 0 Å². The van der Waals surface area contributed by atoms with E-state index in [0.717, 1.165) is 27.4 Å². The number of anilines is 1. The molecule has 1 aliphatic rings. The summed E-state index contributed by atoms with van der Waals surface area (Å²) in [7, 11) is 1.60. The number of carbonyl (C=O) groups excluding carboxylic acids is 1. The minimum Gasteiger partial charge on any atom is -0.383 e. The van der Waals surface area contributed by atoms with E-state index >= 15 is 0 Å². The summed E-state index contributed by atoms with van der Waals surface area (Å²) in [5, 5.41) is 11.8. The van der Waals surface area contributed by atoms with Crippen LogP contribution < -0.4 is 10.3 Å². The van der Waals surface area contributed by atoms with Gasteiger partial charge >= 0.3 is 0 Å².